The monoisotopic (exact) mass is 294 g/mol. The van der Waals surface area contributed by atoms with E-state index in [0.29, 0.717) is 5.56 Å². The van der Waals surface area contributed by atoms with E-state index >= 15 is 0 Å². The molecule has 5 heteroatoms. The second-order valence-corrected chi connectivity index (χ2v) is 4.72. The van der Waals surface area contributed by atoms with E-state index in [1.165, 1.54) is 6.20 Å². The third kappa shape index (κ3) is 2.74. The highest BCUT2D eigenvalue weighted by atomic mass is 79.9. The number of aromatic nitrogens is 1. The Morgan fingerprint density at radius 1 is 1.35 bits per heavy atom. The van der Waals surface area contributed by atoms with Gasteiger partial charge in [0.2, 0.25) is 5.76 Å². The zero-order valence-corrected chi connectivity index (χ0v) is 11.0. The fraction of sp³-hybridized carbons (Fsp3) is 0.167. The van der Waals surface area contributed by atoms with E-state index in [4.69, 9.17) is 4.52 Å². The summed E-state index contributed by atoms with van der Waals surface area (Å²) in [6.07, 6.45) is 1.51. The standard InChI is InChI=1S/C12H11BrN2O2/c1-7-3-9(13)5-10(4-7)15-12(16)11-8(2)6-14-17-11/h3-6H,1-2H3,(H,15,16). The molecule has 2 rings (SSSR count). The quantitative estimate of drug-likeness (QED) is 0.924. The van der Waals surface area contributed by atoms with Crippen LogP contribution in [0.3, 0.4) is 0 Å². The van der Waals surface area contributed by atoms with Crippen LogP contribution in [0.1, 0.15) is 21.7 Å². The van der Waals surface area contributed by atoms with Gasteiger partial charge in [0.1, 0.15) is 0 Å². The maximum absolute atomic E-state index is 11.9. The molecule has 1 aromatic carbocycles. The summed E-state index contributed by atoms with van der Waals surface area (Å²) in [5.41, 5.74) is 2.50. The lowest BCUT2D eigenvalue weighted by molar-refractivity contribution is 0.0987. The van der Waals surface area contributed by atoms with Crippen molar-refractivity contribution in [2.24, 2.45) is 0 Å². The molecule has 0 radical (unpaired) electrons. The summed E-state index contributed by atoms with van der Waals surface area (Å²) in [7, 11) is 0. The lowest BCUT2D eigenvalue weighted by Crippen LogP contribution is -2.12. The maximum Gasteiger partial charge on any atom is 0.294 e. The highest BCUT2D eigenvalue weighted by molar-refractivity contribution is 9.10. The Kier molecular flexibility index (Phi) is 3.28. The number of halogens is 1. The first kappa shape index (κ1) is 11.9. The molecule has 1 heterocycles. The van der Waals surface area contributed by atoms with Gasteiger partial charge in [-0.15, -0.1) is 0 Å². The predicted octanol–water partition coefficient (Wildman–Crippen LogP) is 3.31. The fourth-order valence-corrected chi connectivity index (χ4v) is 2.11. The van der Waals surface area contributed by atoms with Crippen molar-refractivity contribution in [1.29, 1.82) is 0 Å². The number of rotatable bonds is 2. The third-order valence-corrected chi connectivity index (χ3v) is 2.71. The van der Waals surface area contributed by atoms with Gasteiger partial charge in [0, 0.05) is 15.7 Å². The molecular weight excluding hydrogens is 284 g/mol. The van der Waals surface area contributed by atoms with Crippen molar-refractivity contribution in [1.82, 2.24) is 5.16 Å². The number of carbonyl (C=O) groups excluding carboxylic acids is 1. The number of amides is 1. The van der Waals surface area contributed by atoms with Crippen molar-refractivity contribution in [3.63, 3.8) is 0 Å². The van der Waals surface area contributed by atoms with Gasteiger partial charge in [-0.2, -0.15) is 0 Å². The van der Waals surface area contributed by atoms with Crippen LogP contribution in [0, 0.1) is 13.8 Å². The third-order valence-electron chi connectivity index (χ3n) is 2.25. The Bertz CT molecular complexity index is 543. The van der Waals surface area contributed by atoms with E-state index in [0.717, 1.165) is 15.7 Å². The Hall–Kier alpha value is -1.62. The van der Waals surface area contributed by atoms with Gasteiger partial charge >= 0.3 is 0 Å². The predicted molar refractivity (Wildman–Crippen MR) is 68.1 cm³/mol. The average Bonchev–Trinajstić information content (AvgIpc) is 2.62. The first-order valence-corrected chi connectivity index (χ1v) is 5.85. The Morgan fingerprint density at radius 2 is 2.12 bits per heavy atom. The highest BCUT2D eigenvalue weighted by Gasteiger charge is 2.14. The van der Waals surface area contributed by atoms with Gasteiger partial charge in [-0.05, 0) is 37.6 Å². The Balaban J connectivity index is 2.21. The van der Waals surface area contributed by atoms with Crippen LogP contribution >= 0.6 is 15.9 Å². The first-order valence-electron chi connectivity index (χ1n) is 5.06. The van der Waals surface area contributed by atoms with Crippen LogP contribution in [0.25, 0.3) is 0 Å². The molecule has 17 heavy (non-hydrogen) atoms. The molecule has 1 amide bonds. The van der Waals surface area contributed by atoms with Crippen molar-refractivity contribution in [3.05, 3.63) is 45.8 Å². The molecule has 0 spiro atoms. The van der Waals surface area contributed by atoms with Crippen LogP contribution in [0.2, 0.25) is 0 Å². The number of hydrogen-bond acceptors (Lipinski definition) is 3. The molecule has 0 fully saturated rings. The number of carbonyl (C=O) groups is 1. The first-order chi connectivity index (χ1) is 8.06. The Morgan fingerprint density at radius 3 is 2.71 bits per heavy atom. The minimum atomic E-state index is -0.294. The van der Waals surface area contributed by atoms with E-state index < -0.39 is 0 Å². The Labute approximate surface area is 107 Å². The van der Waals surface area contributed by atoms with Gasteiger partial charge in [0.25, 0.3) is 5.91 Å². The smallest absolute Gasteiger partial charge is 0.294 e. The molecule has 0 atom stereocenters. The summed E-state index contributed by atoms with van der Waals surface area (Å²) in [6, 6.07) is 5.68. The van der Waals surface area contributed by atoms with Crippen LogP contribution in [0.5, 0.6) is 0 Å². The van der Waals surface area contributed by atoms with E-state index in [1.54, 1.807) is 6.92 Å². The molecule has 0 bridgehead atoms. The van der Waals surface area contributed by atoms with E-state index in [9.17, 15) is 4.79 Å². The van der Waals surface area contributed by atoms with Crippen molar-refractivity contribution in [2.75, 3.05) is 5.32 Å². The van der Waals surface area contributed by atoms with Crippen molar-refractivity contribution < 1.29 is 9.32 Å². The molecular formula is C12H11BrN2O2. The largest absolute Gasteiger partial charge is 0.351 e. The SMILES string of the molecule is Cc1cc(Br)cc(NC(=O)c2oncc2C)c1. The van der Waals surface area contributed by atoms with E-state index in [-0.39, 0.29) is 11.7 Å². The van der Waals surface area contributed by atoms with Crippen molar-refractivity contribution >= 4 is 27.5 Å². The average molecular weight is 295 g/mol. The van der Waals surface area contributed by atoms with Crippen LogP contribution in [-0.2, 0) is 0 Å². The maximum atomic E-state index is 11.9. The van der Waals surface area contributed by atoms with E-state index in [1.807, 2.05) is 25.1 Å². The zero-order valence-electron chi connectivity index (χ0n) is 9.45. The van der Waals surface area contributed by atoms with Crippen LogP contribution in [-0.4, -0.2) is 11.1 Å². The summed E-state index contributed by atoms with van der Waals surface area (Å²) >= 11 is 3.38. The molecule has 0 aliphatic heterocycles. The van der Waals surface area contributed by atoms with Gasteiger partial charge in [-0.3, -0.25) is 4.79 Å². The number of hydrogen-bond donors (Lipinski definition) is 1. The van der Waals surface area contributed by atoms with Gasteiger partial charge in [0.15, 0.2) is 0 Å². The van der Waals surface area contributed by atoms with Gasteiger partial charge in [-0.1, -0.05) is 21.1 Å². The lowest BCUT2D eigenvalue weighted by Gasteiger charge is -2.05. The van der Waals surface area contributed by atoms with Gasteiger partial charge in [-0.25, -0.2) is 0 Å². The summed E-state index contributed by atoms with van der Waals surface area (Å²) < 4.78 is 5.80. The molecule has 0 aliphatic rings. The van der Waals surface area contributed by atoms with Crippen LogP contribution in [0.4, 0.5) is 5.69 Å². The summed E-state index contributed by atoms with van der Waals surface area (Å²) in [4.78, 5) is 11.9. The molecule has 0 unspecified atom stereocenters. The summed E-state index contributed by atoms with van der Waals surface area (Å²) in [5.74, 6) is -0.0554. The molecule has 0 saturated heterocycles. The molecule has 0 aliphatic carbocycles. The van der Waals surface area contributed by atoms with Crippen molar-refractivity contribution in [2.45, 2.75) is 13.8 Å². The molecule has 88 valence electrons. The van der Waals surface area contributed by atoms with Crippen LogP contribution in [0.15, 0.2) is 33.4 Å². The van der Waals surface area contributed by atoms with E-state index in [2.05, 4.69) is 26.4 Å². The van der Waals surface area contributed by atoms with Gasteiger partial charge < -0.3 is 9.84 Å². The number of benzene rings is 1. The summed E-state index contributed by atoms with van der Waals surface area (Å²) in [5, 5.41) is 6.34. The lowest BCUT2D eigenvalue weighted by atomic mass is 10.2. The minimum Gasteiger partial charge on any atom is -0.351 e. The minimum absolute atomic E-state index is 0.239. The molecule has 2 aromatic rings. The highest BCUT2D eigenvalue weighted by Crippen LogP contribution is 2.20. The topological polar surface area (TPSA) is 55.1 Å². The molecule has 1 aromatic heterocycles. The molecule has 1 N–H and O–H groups in total. The van der Waals surface area contributed by atoms with Crippen LogP contribution < -0.4 is 5.32 Å². The zero-order chi connectivity index (χ0) is 12.4. The normalized spacial score (nSPS) is 10.3. The number of anilines is 1. The number of nitrogens with one attached hydrogen (secondary N) is 1. The van der Waals surface area contributed by atoms with Crippen molar-refractivity contribution in [3.8, 4) is 0 Å². The van der Waals surface area contributed by atoms with Gasteiger partial charge in [0.05, 0.1) is 6.20 Å². The molecule has 4 nitrogen and oxygen atoms in total. The second kappa shape index (κ2) is 4.71. The summed E-state index contributed by atoms with van der Waals surface area (Å²) in [6.45, 7) is 3.73. The fourth-order valence-electron chi connectivity index (χ4n) is 1.51. The number of aryl methyl sites for hydroxylation is 2. The second-order valence-electron chi connectivity index (χ2n) is 3.81. The number of nitrogens with zero attached hydrogens (tertiary/aromatic N) is 1. The molecule has 0 saturated carbocycles.